The molecule has 0 aliphatic heterocycles. The molecule has 3 rings (SSSR count). The molecule has 1 heterocycles. The van der Waals surface area contributed by atoms with Gasteiger partial charge in [-0.15, -0.1) is 11.3 Å². The van der Waals surface area contributed by atoms with Crippen LogP contribution in [0.4, 0.5) is 5.00 Å². The van der Waals surface area contributed by atoms with Gasteiger partial charge in [0.1, 0.15) is 10.8 Å². The van der Waals surface area contributed by atoms with Crippen LogP contribution in [0.25, 0.3) is 0 Å². The second kappa shape index (κ2) is 8.81. The van der Waals surface area contributed by atoms with Gasteiger partial charge in [0.05, 0.1) is 17.7 Å². The van der Waals surface area contributed by atoms with E-state index in [-0.39, 0.29) is 19.1 Å². The lowest BCUT2D eigenvalue weighted by molar-refractivity contribution is -0.118. The van der Waals surface area contributed by atoms with Crippen molar-refractivity contribution in [2.45, 2.75) is 32.6 Å². The van der Waals surface area contributed by atoms with E-state index in [2.05, 4.69) is 5.32 Å². The fourth-order valence-corrected chi connectivity index (χ4v) is 4.38. The highest BCUT2D eigenvalue weighted by atomic mass is 32.1. The molecule has 0 saturated heterocycles. The van der Waals surface area contributed by atoms with Gasteiger partial charge >= 0.3 is 5.97 Å². The van der Waals surface area contributed by atoms with Gasteiger partial charge in [-0.3, -0.25) is 9.59 Å². The van der Waals surface area contributed by atoms with Crippen LogP contribution < -0.4 is 10.1 Å². The number of para-hydroxylation sites is 1. The molecule has 0 atom stereocenters. The smallest absolute Gasteiger partial charge is 0.341 e. The van der Waals surface area contributed by atoms with Gasteiger partial charge in [-0.05, 0) is 50.3 Å². The first kappa shape index (κ1) is 19.1. The summed E-state index contributed by atoms with van der Waals surface area (Å²) in [6, 6.07) is 6.70. The van der Waals surface area contributed by atoms with Crippen molar-refractivity contribution < 1.29 is 23.9 Å². The van der Waals surface area contributed by atoms with Gasteiger partial charge in [-0.1, -0.05) is 12.1 Å². The molecular weight excluding hydrogens is 366 g/mol. The molecular formula is C20H21NO5S. The zero-order valence-electron chi connectivity index (χ0n) is 15.1. The van der Waals surface area contributed by atoms with Crippen molar-refractivity contribution in [2.75, 3.05) is 18.5 Å². The zero-order valence-corrected chi connectivity index (χ0v) is 15.9. The number of fused-ring (bicyclic) bond motifs is 1. The van der Waals surface area contributed by atoms with Crippen LogP contribution in [0, 0.1) is 0 Å². The second-order valence-corrected chi connectivity index (χ2v) is 7.23. The SMILES string of the molecule is CCOC(=O)c1c(NC(=O)COc2ccccc2C=O)sc2c1CCCC2. The highest BCUT2D eigenvalue weighted by Gasteiger charge is 2.27. The van der Waals surface area contributed by atoms with Crippen molar-refractivity contribution in [1.82, 2.24) is 0 Å². The molecule has 0 fully saturated rings. The quantitative estimate of drug-likeness (QED) is 0.579. The van der Waals surface area contributed by atoms with E-state index in [1.807, 2.05) is 0 Å². The predicted molar refractivity (Wildman–Crippen MR) is 103 cm³/mol. The van der Waals surface area contributed by atoms with E-state index in [9.17, 15) is 14.4 Å². The van der Waals surface area contributed by atoms with Crippen molar-refractivity contribution in [3.05, 3.63) is 45.8 Å². The normalized spacial score (nSPS) is 12.8. The number of anilines is 1. The van der Waals surface area contributed by atoms with Crippen LogP contribution in [0.3, 0.4) is 0 Å². The first-order chi connectivity index (χ1) is 13.1. The Bertz CT molecular complexity index is 858. The molecule has 1 aliphatic carbocycles. The number of aryl methyl sites for hydroxylation is 1. The molecule has 27 heavy (non-hydrogen) atoms. The van der Waals surface area contributed by atoms with Gasteiger partial charge in [0.15, 0.2) is 12.9 Å². The van der Waals surface area contributed by atoms with Crippen LogP contribution in [0.15, 0.2) is 24.3 Å². The number of aldehydes is 1. The van der Waals surface area contributed by atoms with Crippen LogP contribution in [-0.4, -0.2) is 31.4 Å². The third kappa shape index (κ3) is 4.36. The molecule has 1 aliphatic rings. The van der Waals surface area contributed by atoms with Crippen molar-refractivity contribution >= 4 is 34.5 Å². The topological polar surface area (TPSA) is 81.7 Å². The Morgan fingerprint density at radius 2 is 2.00 bits per heavy atom. The molecule has 2 aromatic rings. The van der Waals surface area contributed by atoms with Gasteiger partial charge in [0, 0.05) is 4.88 Å². The Morgan fingerprint density at radius 1 is 1.22 bits per heavy atom. The van der Waals surface area contributed by atoms with Gasteiger partial charge < -0.3 is 14.8 Å². The highest BCUT2D eigenvalue weighted by molar-refractivity contribution is 7.17. The molecule has 0 saturated carbocycles. The number of hydrogen-bond acceptors (Lipinski definition) is 6. The summed E-state index contributed by atoms with van der Waals surface area (Å²) in [6.45, 7) is 1.78. The minimum atomic E-state index is -0.403. The lowest BCUT2D eigenvalue weighted by Gasteiger charge is -2.12. The molecule has 1 aromatic carbocycles. The van der Waals surface area contributed by atoms with E-state index < -0.39 is 5.97 Å². The molecule has 0 spiro atoms. The van der Waals surface area contributed by atoms with E-state index in [1.54, 1.807) is 31.2 Å². The average molecular weight is 387 g/mol. The summed E-state index contributed by atoms with van der Waals surface area (Å²) in [5.41, 5.74) is 1.84. The van der Waals surface area contributed by atoms with Crippen LogP contribution >= 0.6 is 11.3 Å². The van der Waals surface area contributed by atoms with E-state index in [1.165, 1.54) is 11.3 Å². The van der Waals surface area contributed by atoms with Crippen molar-refractivity contribution in [2.24, 2.45) is 0 Å². The maximum absolute atomic E-state index is 12.4. The first-order valence-corrected chi connectivity index (χ1v) is 9.74. The van der Waals surface area contributed by atoms with Gasteiger partial charge in [0.25, 0.3) is 5.91 Å². The van der Waals surface area contributed by atoms with Gasteiger partial charge in [0.2, 0.25) is 0 Å². The number of ether oxygens (including phenoxy) is 2. The summed E-state index contributed by atoms with van der Waals surface area (Å²) >= 11 is 1.43. The van der Waals surface area contributed by atoms with Crippen LogP contribution in [-0.2, 0) is 22.4 Å². The number of hydrogen-bond donors (Lipinski definition) is 1. The summed E-state index contributed by atoms with van der Waals surface area (Å²) < 4.78 is 10.6. The first-order valence-electron chi connectivity index (χ1n) is 8.92. The fraction of sp³-hybridized carbons (Fsp3) is 0.350. The molecule has 1 amide bonds. The predicted octanol–water partition coefficient (Wildman–Crippen LogP) is 3.63. The zero-order chi connectivity index (χ0) is 19.2. The summed E-state index contributed by atoms with van der Waals surface area (Å²) in [5.74, 6) is -0.446. The Balaban J connectivity index is 1.74. The summed E-state index contributed by atoms with van der Waals surface area (Å²) in [5, 5.41) is 3.29. The third-order valence-electron chi connectivity index (χ3n) is 4.31. The minimum absolute atomic E-state index is 0.254. The minimum Gasteiger partial charge on any atom is -0.483 e. The van der Waals surface area contributed by atoms with Crippen molar-refractivity contribution in [3.63, 3.8) is 0 Å². The number of carbonyl (C=O) groups excluding carboxylic acids is 3. The lowest BCUT2D eigenvalue weighted by Crippen LogP contribution is -2.21. The summed E-state index contributed by atoms with van der Waals surface area (Å²) in [7, 11) is 0. The van der Waals surface area contributed by atoms with Crippen LogP contribution in [0.5, 0.6) is 5.75 Å². The maximum Gasteiger partial charge on any atom is 0.341 e. The van der Waals surface area contributed by atoms with Gasteiger partial charge in [-0.2, -0.15) is 0 Å². The Labute approximate surface area is 161 Å². The van der Waals surface area contributed by atoms with Crippen LogP contribution in [0.1, 0.15) is 50.9 Å². The summed E-state index contributed by atoms with van der Waals surface area (Å²) in [6.07, 6.45) is 4.51. The Kier molecular flexibility index (Phi) is 6.24. The van der Waals surface area contributed by atoms with E-state index in [4.69, 9.17) is 9.47 Å². The van der Waals surface area contributed by atoms with E-state index in [0.717, 1.165) is 36.1 Å². The van der Waals surface area contributed by atoms with Gasteiger partial charge in [-0.25, -0.2) is 4.79 Å². The standard InChI is InChI=1S/C20H21NO5S/c1-2-25-20(24)18-14-8-4-6-10-16(14)27-19(18)21-17(23)12-26-15-9-5-3-7-13(15)11-22/h3,5,7,9,11H,2,4,6,8,10,12H2,1H3,(H,21,23). The molecule has 142 valence electrons. The number of thiophene rings is 1. The molecule has 0 bridgehead atoms. The fourth-order valence-electron chi connectivity index (χ4n) is 3.09. The number of carbonyl (C=O) groups is 3. The maximum atomic E-state index is 12.4. The number of rotatable bonds is 7. The average Bonchev–Trinajstić information content (AvgIpc) is 3.04. The molecule has 0 unspecified atom stereocenters. The van der Waals surface area contributed by atoms with E-state index >= 15 is 0 Å². The Morgan fingerprint density at radius 3 is 2.78 bits per heavy atom. The summed E-state index contributed by atoms with van der Waals surface area (Å²) in [4.78, 5) is 36.9. The van der Waals surface area contributed by atoms with Crippen molar-refractivity contribution in [1.29, 1.82) is 0 Å². The molecule has 1 aromatic heterocycles. The molecule has 1 N–H and O–H groups in total. The number of esters is 1. The van der Waals surface area contributed by atoms with Crippen LogP contribution in [0.2, 0.25) is 0 Å². The highest BCUT2D eigenvalue weighted by Crippen LogP contribution is 2.38. The second-order valence-electron chi connectivity index (χ2n) is 6.13. The van der Waals surface area contributed by atoms with Crippen molar-refractivity contribution in [3.8, 4) is 5.75 Å². The number of benzene rings is 1. The Hall–Kier alpha value is -2.67. The number of amides is 1. The lowest BCUT2D eigenvalue weighted by atomic mass is 9.95. The number of nitrogens with one attached hydrogen (secondary N) is 1. The van der Waals surface area contributed by atoms with E-state index in [0.29, 0.717) is 28.2 Å². The molecule has 6 nitrogen and oxygen atoms in total. The molecule has 0 radical (unpaired) electrons. The third-order valence-corrected chi connectivity index (χ3v) is 5.52. The molecule has 7 heteroatoms. The largest absolute Gasteiger partial charge is 0.483 e. The monoisotopic (exact) mass is 387 g/mol.